The van der Waals surface area contributed by atoms with Crippen LogP contribution in [0.25, 0.3) is 4.98 Å². The van der Waals surface area contributed by atoms with Crippen LogP contribution < -0.4 is 5.11 Å². The molecule has 0 radical (unpaired) electrons. The van der Waals surface area contributed by atoms with Crippen molar-refractivity contribution in [2.24, 2.45) is 0 Å². The molecule has 0 aliphatic rings. The van der Waals surface area contributed by atoms with Crippen LogP contribution in [0.1, 0.15) is 10.4 Å². The molecule has 0 amide bonds. The number of diazo groups is 1. The van der Waals surface area contributed by atoms with Crippen LogP contribution >= 0.6 is 0 Å². The van der Waals surface area contributed by atoms with Gasteiger partial charge in [-0.1, -0.05) is 5.75 Å². The van der Waals surface area contributed by atoms with Gasteiger partial charge in [0.1, 0.15) is 0 Å². The molecule has 6 heteroatoms. The number of carbonyl (C=O) groups is 1. The third kappa shape index (κ3) is 1.54. The average molecular weight is 182 g/mol. The molecule has 1 aromatic carbocycles. The summed E-state index contributed by atoms with van der Waals surface area (Å²) in [4.78, 5) is 12.8. The van der Waals surface area contributed by atoms with Crippen LogP contribution in [0.3, 0.4) is 0 Å². The summed E-state index contributed by atoms with van der Waals surface area (Å²) in [7, 11) is 0. The van der Waals surface area contributed by atoms with Crippen LogP contribution in [0.4, 0.5) is 10.1 Å². The van der Waals surface area contributed by atoms with E-state index in [4.69, 9.17) is 10.5 Å². The van der Waals surface area contributed by atoms with E-state index in [0.717, 1.165) is 0 Å². The van der Waals surface area contributed by atoms with Crippen LogP contribution in [0, 0.1) is 11.2 Å². The van der Waals surface area contributed by atoms with Crippen molar-refractivity contribution >= 4 is 11.7 Å². The summed E-state index contributed by atoms with van der Waals surface area (Å²) >= 11 is 0. The van der Waals surface area contributed by atoms with Crippen LogP contribution in [0.5, 0.6) is 5.75 Å². The SMILES string of the molecule is N#[N+]c1cc(C(=O)O)c([O-])cc1F. The minimum atomic E-state index is -1.49. The van der Waals surface area contributed by atoms with E-state index in [9.17, 15) is 14.3 Å². The summed E-state index contributed by atoms with van der Waals surface area (Å²) in [6.45, 7) is 0. The summed E-state index contributed by atoms with van der Waals surface area (Å²) in [5, 5.41) is 27.4. The number of carboxylic acids is 1. The molecule has 1 rings (SSSR count). The highest BCUT2D eigenvalue weighted by molar-refractivity contribution is 5.91. The van der Waals surface area contributed by atoms with E-state index in [-0.39, 0.29) is 0 Å². The Morgan fingerprint density at radius 1 is 1.62 bits per heavy atom. The second-order valence-corrected chi connectivity index (χ2v) is 2.20. The van der Waals surface area contributed by atoms with Crippen molar-refractivity contribution in [1.82, 2.24) is 0 Å². The first-order chi connectivity index (χ1) is 6.06. The second kappa shape index (κ2) is 3.06. The molecular formula is C7H3FN2O3. The first-order valence-electron chi connectivity index (χ1n) is 3.15. The lowest BCUT2D eigenvalue weighted by Gasteiger charge is -2.06. The minimum absolute atomic E-state index is 0.457. The zero-order valence-electron chi connectivity index (χ0n) is 6.19. The van der Waals surface area contributed by atoms with E-state index in [1.54, 1.807) is 0 Å². The average Bonchev–Trinajstić information content (AvgIpc) is 2.03. The number of halogens is 1. The zero-order valence-corrected chi connectivity index (χ0v) is 6.19. The molecule has 0 aliphatic heterocycles. The number of benzene rings is 1. The van der Waals surface area contributed by atoms with Crippen molar-refractivity contribution in [2.75, 3.05) is 0 Å². The molecule has 1 N–H and O–H groups in total. The molecule has 0 heterocycles. The van der Waals surface area contributed by atoms with E-state index in [1.807, 2.05) is 0 Å². The maximum atomic E-state index is 12.6. The van der Waals surface area contributed by atoms with Gasteiger partial charge in [-0.25, -0.2) is 4.79 Å². The highest BCUT2D eigenvalue weighted by atomic mass is 19.1. The van der Waals surface area contributed by atoms with Crippen molar-refractivity contribution in [3.63, 3.8) is 0 Å². The molecule has 0 spiro atoms. The van der Waals surface area contributed by atoms with Gasteiger partial charge in [0.05, 0.1) is 11.6 Å². The fraction of sp³-hybridized carbons (Fsp3) is 0. The molecule has 0 aliphatic carbocycles. The Kier molecular flexibility index (Phi) is 2.11. The lowest BCUT2D eigenvalue weighted by molar-refractivity contribution is -0.269. The Balaban J connectivity index is 3.41. The van der Waals surface area contributed by atoms with Gasteiger partial charge in [-0.15, -0.1) is 0 Å². The monoisotopic (exact) mass is 182 g/mol. The quantitative estimate of drug-likeness (QED) is 0.658. The number of aromatic carboxylic acids is 1. The van der Waals surface area contributed by atoms with Gasteiger partial charge in [0.15, 0.2) is 4.98 Å². The minimum Gasteiger partial charge on any atom is -0.872 e. The van der Waals surface area contributed by atoms with Crippen LogP contribution in [0.15, 0.2) is 12.1 Å². The van der Waals surface area contributed by atoms with Crippen molar-refractivity contribution in [1.29, 1.82) is 5.39 Å². The summed E-state index contributed by atoms with van der Waals surface area (Å²) in [6, 6.07) is 1.12. The molecular weight excluding hydrogens is 179 g/mol. The molecule has 0 unspecified atom stereocenters. The predicted molar refractivity (Wildman–Crippen MR) is 37.5 cm³/mol. The van der Waals surface area contributed by atoms with Gasteiger partial charge in [-0.3, -0.25) is 0 Å². The maximum Gasteiger partial charge on any atom is 0.421 e. The molecule has 5 nitrogen and oxygen atoms in total. The van der Waals surface area contributed by atoms with E-state index in [0.29, 0.717) is 12.1 Å². The highest BCUT2D eigenvalue weighted by Gasteiger charge is 2.18. The maximum absolute atomic E-state index is 12.6. The third-order valence-electron chi connectivity index (χ3n) is 1.39. The van der Waals surface area contributed by atoms with E-state index < -0.39 is 28.8 Å². The normalized spacial score (nSPS) is 9.23. The molecule has 13 heavy (non-hydrogen) atoms. The first kappa shape index (κ1) is 8.93. The van der Waals surface area contributed by atoms with E-state index >= 15 is 0 Å². The predicted octanol–water partition coefficient (Wildman–Crippen LogP) is 1.08. The molecule has 0 saturated carbocycles. The van der Waals surface area contributed by atoms with Gasteiger partial charge in [0, 0.05) is 0 Å². The number of carboxylic acid groups (broad SMARTS) is 1. The number of hydrogen-bond acceptors (Lipinski definition) is 3. The summed E-state index contributed by atoms with van der Waals surface area (Å²) in [5.41, 5.74) is -1.20. The standard InChI is InChI=1S/C7H3FN2O3/c8-4-2-6(11)3(7(12)13)1-5(4)10-9/h1-2H,(H-,11,12,13). The molecule has 0 saturated heterocycles. The lowest BCUT2D eigenvalue weighted by atomic mass is 10.2. The van der Waals surface area contributed by atoms with Crippen molar-refractivity contribution in [3.05, 3.63) is 28.5 Å². The topological polar surface area (TPSA) is 88.5 Å². The molecule has 0 bridgehead atoms. The van der Waals surface area contributed by atoms with E-state index in [1.165, 1.54) is 0 Å². The largest absolute Gasteiger partial charge is 0.872 e. The Morgan fingerprint density at radius 2 is 2.23 bits per heavy atom. The fourth-order valence-electron chi connectivity index (χ4n) is 0.787. The Bertz CT molecular complexity index is 411. The molecule has 66 valence electrons. The Hall–Kier alpha value is -2.16. The van der Waals surface area contributed by atoms with Crippen molar-refractivity contribution in [3.8, 4) is 5.75 Å². The lowest BCUT2D eigenvalue weighted by Crippen LogP contribution is -2.04. The van der Waals surface area contributed by atoms with Gasteiger partial charge < -0.3 is 10.2 Å². The third-order valence-corrected chi connectivity index (χ3v) is 1.39. The molecule has 0 fully saturated rings. The highest BCUT2D eigenvalue weighted by Crippen LogP contribution is 2.25. The number of rotatable bonds is 1. The van der Waals surface area contributed by atoms with E-state index in [2.05, 4.69) is 4.98 Å². The molecule has 0 atom stereocenters. The Labute approximate surface area is 71.7 Å². The molecule has 0 aromatic heterocycles. The summed E-state index contributed by atoms with van der Waals surface area (Å²) in [5.74, 6) is -3.51. The van der Waals surface area contributed by atoms with Crippen LogP contribution in [-0.4, -0.2) is 11.1 Å². The van der Waals surface area contributed by atoms with Crippen molar-refractivity contribution in [2.45, 2.75) is 0 Å². The second-order valence-electron chi connectivity index (χ2n) is 2.20. The van der Waals surface area contributed by atoms with Gasteiger partial charge in [-0.05, 0) is 6.07 Å². The summed E-state index contributed by atoms with van der Waals surface area (Å²) < 4.78 is 12.6. The summed E-state index contributed by atoms with van der Waals surface area (Å²) in [6.07, 6.45) is 0. The molecule has 1 aromatic rings. The fourth-order valence-corrected chi connectivity index (χ4v) is 0.787. The van der Waals surface area contributed by atoms with Gasteiger partial charge in [0.2, 0.25) is 11.2 Å². The van der Waals surface area contributed by atoms with Gasteiger partial charge in [-0.2, -0.15) is 4.39 Å². The smallest absolute Gasteiger partial charge is 0.421 e. The Morgan fingerprint density at radius 3 is 2.69 bits per heavy atom. The first-order valence-corrected chi connectivity index (χ1v) is 3.15. The van der Waals surface area contributed by atoms with Crippen molar-refractivity contribution < 1.29 is 19.4 Å². The number of hydrogen-bond donors (Lipinski definition) is 1. The van der Waals surface area contributed by atoms with Crippen LogP contribution in [-0.2, 0) is 0 Å². The van der Waals surface area contributed by atoms with Gasteiger partial charge >= 0.3 is 11.7 Å². The van der Waals surface area contributed by atoms with Gasteiger partial charge in [0.25, 0.3) is 0 Å². The number of nitrogens with zero attached hydrogens (tertiary/aromatic N) is 2. The van der Waals surface area contributed by atoms with Crippen LogP contribution in [0.2, 0.25) is 0 Å². The zero-order chi connectivity index (χ0) is 10.0.